The Labute approximate surface area is 69.6 Å². The summed E-state index contributed by atoms with van der Waals surface area (Å²) in [5, 5.41) is 11.8. The van der Waals surface area contributed by atoms with Gasteiger partial charge in [0.25, 0.3) is 0 Å². The lowest BCUT2D eigenvalue weighted by atomic mass is 10.3. The van der Waals surface area contributed by atoms with Crippen LogP contribution in [-0.2, 0) is 0 Å². The summed E-state index contributed by atoms with van der Waals surface area (Å²) in [6, 6.07) is 0.920. The van der Waals surface area contributed by atoms with E-state index < -0.39 is 8.07 Å². The molecule has 0 aromatic rings. The molecule has 3 heteroatoms. The molecule has 0 aliphatic carbocycles. The smallest absolute Gasteiger partial charge is 0.0766 e. The molecule has 0 rings (SSSR count). The van der Waals surface area contributed by atoms with Gasteiger partial charge in [0.15, 0.2) is 0 Å². The minimum Gasteiger partial charge on any atom is -0.411 e. The highest BCUT2D eigenvalue weighted by Gasteiger charge is 2.18. The van der Waals surface area contributed by atoms with Crippen LogP contribution in [0.15, 0.2) is 17.4 Å². The fraction of sp³-hybridized carbons (Fsp3) is 0.625. The summed E-state index contributed by atoms with van der Waals surface area (Å²) >= 11 is 0. The van der Waals surface area contributed by atoms with Crippen molar-refractivity contribution in [1.29, 1.82) is 0 Å². The second kappa shape index (κ2) is 4.33. The molecule has 0 aromatic heterocycles. The van der Waals surface area contributed by atoms with E-state index in [1.165, 1.54) is 0 Å². The van der Waals surface area contributed by atoms with Crippen molar-refractivity contribution in [2.45, 2.75) is 32.5 Å². The maximum absolute atomic E-state index is 8.56. The highest BCUT2D eigenvalue weighted by Crippen LogP contribution is 2.12. The number of nitrogens with zero attached hydrogens (tertiary/aromatic N) is 1. The fourth-order valence-electron chi connectivity index (χ4n) is 0.829. The molecule has 0 aliphatic rings. The average Bonchev–Trinajstić information content (AvgIpc) is 2.00. The second-order valence-corrected chi connectivity index (χ2v) is 8.13. The van der Waals surface area contributed by atoms with E-state index >= 15 is 0 Å². The number of hydrogen-bond acceptors (Lipinski definition) is 2. The van der Waals surface area contributed by atoms with E-state index in [4.69, 9.17) is 5.21 Å². The third kappa shape index (κ3) is 3.98. The van der Waals surface area contributed by atoms with Gasteiger partial charge in [-0.05, 0) is 12.5 Å². The summed E-state index contributed by atoms with van der Waals surface area (Å²) in [4.78, 5) is 0. The molecule has 2 nitrogen and oxygen atoms in total. The topological polar surface area (TPSA) is 32.6 Å². The summed E-state index contributed by atoms with van der Waals surface area (Å²) < 4.78 is 0. The van der Waals surface area contributed by atoms with Crippen LogP contribution in [0.2, 0.25) is 19.1 Å². The van der Waals surface area contributed by atoms with E-state index in [1.807, 2.05) is 12.6 Å². The zero-order chi connectivity index (χ0) is 8.91. The van der Waals surface area contributed by atoms with Crippen molar-refractivity contribution in [1.82, 2.24) is 0 Å². The molecule has 0 amide bonds. The van der Waals surface area contributed by atoms with Gasteiger partial charge in [-0.25, -0.2) is 0 Å². The van der Waals surface area contributed by atoms with Crippen LogP contribution in [0.1, 0.15) is 13.3 Å². The summed E-state index contributed by atoms with van der Waals surface area (Å²) in [6.07, 6.45) is 0.834. The molecule has 0 fully saturated rings. The van der Waals surface area contributed by atoms with Crippen LogP contribution < -0.4 is 0 Å². The van der Waals surface area contributed by atoms with Crippen molar-refractivity contribution in [2.24, 2.45) is 5.16 Å². The summed E-state index contributed by atoms with van der Waals surface area (Å²) in [5.74, 6) is 0. The molecule has 0 heterocycles. The van der Waals surface area contributed by atoms with Crippen molar-refractivity contribution in [3.05, 3.63) is 12.3 Å². The van der Waals surface area contributed by atoms with E-state index in [0.29, 0.717) is 0 Å². The minimum absolute atomic E-state index is 0.834. The molecule has 1 N–H and O–H groups in total. The van der Waals surface area contributed by atoms with Gasteiger partial charge in [0.1, 0.15) is 0 Å². The Hall–Kier alpha value is -0.573. The molecule has 0 saturated heterocycles. The monoisotopic (exact) mass is 171 g/mol. The van der Waals surface area contributed by atoms with Gasteiger partial charge in [0.2, 0.25) is 0 Å². The van der Waals surface area contributed by atoms with Crippen molar-refractivity contribution in [2.75, 3.05) is 0 Å². The van der Waals surface area contributed by atoms with Crippen molar-refractivity contribution < 1.29 is 5.21 Å². The van der Waals surface area contributed by atoms with Crippen LogP contribution in [0.5, 0.6) is 0 Å². The number of oxime groups is 1. The van der Waals surface area contributed by atoms with Gasteiger partial charge in [-0.1, -0.05) is 25.2 Å². The van der Waals surface area contributed by atoms with Crippen LogP contribution in [0.3, 0.4) is 0 Å². The van der Waals surface area contributed by atoms with Crippen molar-refractivity contribution in [3.8, 4) is 0 Å². The number of rotatable bonds is 4. The van der Waals surface area contributed by atoms with Crippen molar-refractivity contribution in [3.63, 3.8) is 0 Å². The largest absolute Gasteiger partial charge is 0.411 e. The van der Waals surface area contributed by atoms with Crippen LogP contribution in [0, 0.1) is 0 Å². The van der Waals surface area contributed by atoms with Gasteiger partial charge in [-0.2, -0.15) is 0 Å². The van der Waals surface area contributed by atoms with Crippen LogP contribution >= 0.6 is 0 Å². The molecule has 0 spiro atoms. The molecule has 0 radical (unpaired) electrons. The molecule has 0 bridgehead atoms. The van der Waals surface area contributed by atoms with E-state index in [9.17, 15) is 0 Å². The second-order valence-electron chi connectivity index (χ2n) is 3.39. The summed E-state index contributed by atoms with van der Waals surface area (Å²) in [5.41, 5.74) is 2.91. The van der Waals surface area contributed by atoms with Gasteiger partial charge in [-0.3, -0.25) is 0 Å². The van der Waals surface area contributed by atoms with E-state index in [2.05, 4.69) is 24.8 Å². The Morgan fingerprint density at radius 3 is 2.45 bits per heavy atom. The van der Waals surface area contributed by atoms with E-state index in [0.717, 1.165) is 18.2 Å². The first-order valence-electron chi connectivity index (χ1n) is 3.89. The third-order valence-electron chi connectivity index (χ3n) is 1.76. The zero-order valence-corrected chi connectivity index (χ0v) is 8.59. The molecule has 64 valence electrons. The Morgan fingerprint density at radius 2 is 2.18 bits per heavy atom. The summed E-state index contributed by atoms with van der Waals surface area (Å²) in [6.45, 7) is 10.2. The van der Waals surface area contributed by atoms with Gasteiger partial charge in [-0.15, -0.1) is 12.3 Å². The Balaban J connectivity index is 4.11. The van der Waals surface area contributed by atoms with Crippen LogP contribution in [-0.4, -0.2) is 19.0 Å². The Bertz CT molecular complexity index is 163. The fourth-order valence-corrected chi connectivity index (χ4v) is 2.35. The van der Waals surface area contributed by atoms with E-state index in [-0.39, 0.29) is 0 Å². The standard InChI is InChI=1S/C8H17NOSi/c1-5-8(9-10)7-11(3,4)6-2/h6,10H,2,5,7H2,1,3-4H3. The van der Waals surface area contributed by atoms with Gasteiger partial charge in [0, 0.05) is 0 Å². The highest BCUT2D eigenvalue weighted by atomic mass is 28.3. The van der Waals surface area contributed by atoms with Crippen LogP contribution in [0.25, 0.3) is 0 Å². The first-order valence-corrected chi connectivity index (χ1v) is 7.17. The molecule has 0 unspecified atom stereocenters. The first kappa shape index (κ1) is 10.4. The maximum Gasteiger partial charge on any atom is 0.0766 e. The zero-order valence-electron chi connectivity index (χ0n) is 7.59. The van der Waals surface area contributed by atoms with E-state index in [1.54, 1.807) is 0 Å². The maximum atomic E-state index is 8.56. The Morgan fingerprint density at radius 1 is 1.64 bits per heavy atom. The highest BCUT2D eigenvalue weighted by molar-refractivity contribution is 6.84. The van der Waals surface area contributed by atoms with Crippen LogP contribution in [0.4, 0.5) is 0 Å². The van der Waals surface area contributed by atoms with Gasteiger partial charge >= 0.3 is 0 Å². The Kier molecular flexibility index (Phi) is 4.11. The molecule has 0 aliphatic heterocycles. The lowest BCUT2D eigenvalue weighted by Gasteiger charge is -2.16. The molecule has 0 aromatic carbocycles. The number of hydrogen-bond donors (Lipinski definition) is 1. The molecular weight excluding hydrogens is 154 g/mol. The molecule has 0 saturated carbocycles. The quantitative estimate of drug-likeness (QED) is 0.300. The lowest BCUT2D eigenvalue weighted by Crippen LogP contribution is -2.25. The lowest BCUT2D eigenvalue weighted by molar-refractivity contribution is 0.317. The predicted octanol–water partition coefficient (Wildman–Crippen LogP) is 2.66. The predicted molar refractivity (Wildman–Crippen MR) is 52.0 cm³/mol. The van der Waals surface area contributed by atoms with Crippen molar-refractivity contribution >= 4 is 13.8 Å². The average molecular weight is 171 g/mol. The minimum atomic E-state index is -1.31. The molecule has 11 heavy (non-hydrogen) atoms. The molecular formula is C8H17NOSi. The third-order valence-corrected chi connectivity index (χ3v) is 4.19. The van der Waals surface area contributed by atoms with Gasteiger partial charge in [0.05, 0.1) is 13.8 Å². The molecule has 0 atom stereocenters. The normalized spacial score (nSPS) is 13.2. The van der Waals surface area contributed by atoms with Gasteiger partial charge < -0.3 is 5.21 Å². The SMILES string of the molecule is C=C[Si](C)(C)CC(CC)=NO. The first-order chi connectivity index (χ1) is 5.05. The summed E-state index contributed by atoms with van der Waals surface area (Å²) in [7, 11) is -1.31.